The first-order valence-electron chi connectivity index (χ1n) is 4.27. The van der Waals surface area contributed by atoms with Gasteiger partial charge in [-0.25, -0.2) is 0 Å². The lowest BCUT2D eigenvalue weighted by atomic mass is 10.0. The van der Waals surface area contributed by atoms with E-state index in [-0.39, 0.29) is 18.3 Å². The first-order chi connectivity index (χ1) is 6.60. The molecule has 1 rings (SSSR count). The Morgan fingerprint density at radius 1 is 1.50 bits per heavy atom. The number of aliphatic hydroxyl groups is 1. The van der Waals surface area contributed by atoms with Crippen LogP contribution in [0.1, 0.15) is 18.4 Å². The van der Waals surface area contributed by atoms with Crippen LogP contribution in [0.2, 0.25) is 5.02 Å². The first-order valence-corrected chi connectivity index (χ1v) is 4.65. The molecule has 4 heteroatoms. The van der Waals surface area contributed by atoms with Crippen LogP contribution >= 0.6 is 11.6 Å². The van der Waals surface area contributed by atoms with Gasteiger partial charge in [0.25, 0.3) is 0 Å². The molecule has 0 aromatic heterocycles. The molecular weight excluding hydrogens is 204 g/mol. The minimum absolute atomic E-state index is 0.00592. The SMILES string of the molecule is COc1cc(C(C)CO)c(Cl)cc1O. The van der Waals surface area contributed by atoms with Crippen molar-refractivity contribution in [2.45, 2.75) is 12.8 Å². The zero-order chi connectivity index (χ0) is 10.7. The maximum absolute atomic E-state index is 9.40. The number of benzene rings is 1. The Hall–Kier alpha value is -0.930. The molecule has 2 N–H and O–H groups in total. The molecule has 14 heavy (non-hydrogen) atoms. The molecule has 0 saturated carbocycles. The quantitative estimate of drug-likeness (QED) is 0.814. The summed E-state index contributed by atoms with van der Waals surface area (Å²) in [6, 6.07) is 3.06. The van der Waals surface area contributed by atoms with Crippen molar-refractivity contribution >= 4 is 11.6 Å². The third kappa shape index (κ3) is 2.11. The van der Waals surface area contributed by atoms with Crippen LogP contribution in [0, 0.1) is 0 Å². The van der Waals surface area contributed by atoms with Gasteiger partial charge < -0.3 is 14.9 Å². The van der Waals surface area contributed by atoms with Gasteiger partial charge in [-0.05, 0) is 11.6 Å². The fourth-order valence-electron chi connectivity index (χ4n) is 1.20. The van der Waals surface area contributed by atoms with Crippen LogP contribution in [0.5, 0.6) is 11.5 Å². The molecule has 1 aromatic rings. The van der Waals surface area contributed by atoms with Crippen LogP contribution in [0.15, 0.2) is 12.1 Å². The zero-order valence-corrected chi connectivity index (χ0v) is 8.88. The number of aliphatic hydroxyl groups excluding tert-OH is 1. The molecule has 1 atom stereocenters. The van der Waals surface area contributed by atoms with E-state index in [1.54, 1.807) is 6.07 Å². The topological polar surface area (TPSA) is 49.7 Å². The number of rotatable bonds is 3. The molecule has 0 aliphatic rings. The Morgan fingerprint density at radius 2 is 2.14 bits per heavy atom. The van der Waals surface area contributed by atoms with Crippen molar-refractivity contribution in [1.29, 1.82) is 0 Å². The molecule has 0 fully saturated rings. The van der Waals surface area contributed by atoms with E-state index in [4.69, 9.17) is 21.4 Å². The zero-order valence-electron chi connectivity index (χ0n) is 8.12. The van der Waals surface area contributed by atoms with Gasteiger partial charge in [0.1, 0.15) is 0 Å². The van der Waals surface area contributed by atoms with Crippen molar-refractivity contribution in [2.24, 2.45) is 0 Å². The molecule has 1 unspecified atom stereocenters. The van der Waals surface area contributed by atoms with E-state index in [0.29, 0.717) is 10.8 Å². The van der Waals surface area contributed by atoms with Gasteiger partial charge in [0, 0.05) is 23.6 Å². The molecule has 0 heterocycles. The van der Waals surface area contributed by atoms with Gasteiger partial charge in [-0.2, -0.15) is 0 Å². The highest BCUT2D eigenvalue weighted by Crippen LogP contribution is 2.35. The predicted octanol–water partition coefficient (Wildman–Crippen LogP) is 2.15. The number of phenolic OH excluding ortho intramolecular Hbond substituents is 1. The molecule has 0 radical (unpaired) electrons. The van der Waals surface area contributed by atoms with Crippen molar-refractivity contribution in [1.82, 2.24) is 0 Å². The second-order valence-corrected chi connectivity index (χ2v) is 3.54. The average molecular weight is 217 g/mol. The fraction of sp³-hybridized carbons (Fsp3) is 0.400. The minimum atomic E-state index is -0.0722. The lowest BCUT2D eigenvalue weighted by Crippen LogP contribution is -2.00. The van der Waals surface area contributed by atoms with Crippen molar-refractivity contribution in [2.75, 3.05) is 13.7 Å². The number of methoxy groups -OCH3 is 1. The van der Waals surface area contributed by atoms with E-state index >= 15 is 0 Å². The summed E-state index contributed by atoms with van der Waals surface area (Å²) >= 11 is 5.91. The number of phenols is 1. The molecule has 1 aromatic carbocycles. The van der Waals surface area contributed by atoms with Gasteiger partial charge in [0.2, 0.25) is 0 Å². The largest absolute Gasteiger partial charge is 0.504 e. The maximum Gasteiger partial charge on any atom is 0.160 e. The van der Waals surface area contributed by atoms with Crippen molar-refractivity contribution in [3.63, 3.8) is 0 Å². The number of ether oxygens (including phenoxy) is 1. The molecule has 0 aliphatic carbocycles. The molecule has 0 spiro atoms. The Kier molecular flexibility index (Phi) is 3.61. The fourth-order valence-corrected chi connectivity index (χ4v) is 1.54. The molecule has 3 nitrogen and oxygen atoms in total. The number of aromatic hydroxyl groups is 1. The summed E-state index contributed by atoms with van der Waals surface area (Å²) in [5.74, 6) is 0.299. The second-order valence-electron chi connectivity index (χ2n) is 3.13. The summed E-state index contributed by atoms with van der Waals surface area (Å²) in [6.45, 7) is 1.85. The number of hydrogen-bond donors (Lipinski definition) is 2. The van der Waals surface area contributed by atoms with E-state index in [2.05, 4.69) is 0 Å². The van der Waals surface area contributed by atoms with Gasteiger partial charge in [0.15, 0.2) is 11.5 Å². The number of hydrogen-bond acceptors (Lipinski definition) is 3. The molecule has 78 valence electrons. The van der Waals surface area contributed by atoms with E-state index in [1.807, 2.05) is 6.92 Å². The van der Waals surface area contributed by atoms with Crippen molar-refractivity contribution in [3.05, 3.63) is 22.7 Å². The first kappa shape index (κ1) is 11.1. The summed E-state index contributed by atoms with van der Waals surface area (Å²) < 4.78 is 4.95. The summed E-state index contributed by atoms with van der Waals surface area (Å²) in [5.41, 5.74) is 0.767. The standard InChI is InChI=1S/C10H13ClO3/c1-6(5-12)7-3-10(14-2)9(13)4-8(7)11/h3-4,6,12-13H,5H2,1-2H3. The highest BCUT2D eigenvalue weighted by molar-refractivity contribution is 6.31. The Bertz CT molecular complexity index is 325. The predicted molar refractivity (Wildman–Crippen MR) is 55.2 cm³/mol. The second kappa shape index (κ2) is 4.53. The van der Waals surface area contributed by atoms with Gasteiger partial charge in [-0.1, -0.05) is 18.5 Å². The van der Waals surface area contributed by atoms with Crippen LogP contribution < -0.4 is 4.74 Å². The van der Waals surface area contributed by atoms with Gasteiger partial charge >= 0.3 is 0 Å². The van der Waals surface area contributed by atoms with Crippen LogP contribution in [-0.4, -0.2) is 23.9 Å². The van der Waals surface area contributed by atoms with Gasteiger partial charge in [-0.15, -0.1) is 0 Å². The minimum Gasteiger partial charge on any atom is -0.504 e. The summed E-state index contributed by atoms with van der Waals surface area (Å²) in [7, 11) is 1.47. The monoisotopic (exact) mass is 216 g/mol. The lowest BCUT2D eigenvalue weighted by Gasteiger charge is -2.13. The Labute approximate surface area is 87.9 Å². The van der Waals surface area contributed by atoms with Gasteiger partial charge in [-0.3, -0.25) is 0 Å². The summed E-state index contributed by atoms with van der Waals surface area (Å²) in [5, 5.41) is 18.8. The van der Waals surface area contributed by atoms with Crippen LogP contribution in [0.4, 0.5) is 0 Å². The lowest BCUT2D eigenvalue weighted by molar-refractivity contribution is 0.272. The third-order valence-electron chi connectivity index (χ3n) is 2.10. The van der Waals surface area contributed by atoms with E-state index in [0.717, 1.165) is 5.56 Å². The van der Waals surface area contributed by atoms with Crippen molar-refractivity contribution < 1.29 is 14.9 Å². The van der Waals surface area contributed by atoms with Crippen LogP contribution in [0.25, 0.3) is 0 Å². The highest BCUT2D eigenvalue weighted by Gasteiger charge is 2.13. The highest BCUT2D eigenvalue weighted by atomic mass is 35.5. The van der Waals surface area contributed by atoms with E-state index in [9.17, 15) is 5.11 Å². The van der Waals surface area contributed by atoms with E-state index in [1.165, 1.54) is 13.2 Å². The summed E-state index contributed by atoms with van der Waals surface area (Å²) in [4.78, 5) is 0. The van der Waals surface area contributed by atoms with E-state index < -0.39 is 0 Å². The molecule has 0 saturated heterocycles. The van der Waals surface area contributed by atoms with Crippen molar-refractivity contribution in [3.8, 4) is 11.5 Å². The molecule has 0 aliphatic heterocycles. The van der Waals surface area contributed by atoms with Crippen LogP contribution in [-0.2, 0) is 0 Å². The Balaban J connectivity index is 3.17. The van der Waals surface area contributed by atoms with Crippen LogP contribution in [0.3, 0.4) is 0 Å². The normalized spacial score (nSPS) is 12.6. The van der Waals surface area contributed by atoms with Gasteiger partial charge in [0.05, 0.1) is 7.11 Å². The molecule has 0 bridgehead atoms. The Morgan fingerprint density at radius 3 is 2.64 bits per heavy atom. The molecular formula is C10H13ClO3. The number of halogens is 1. The smallest absolute Gasteiger partial charge is 0.160 e. The average Bonchev–Trinajstić information content (AvgIpc) is 2.17. The molecule has 0 amide bonds. The third-order valence-corrected chi connectivity index (χ3v) is 2.43. The summed E-state index contributed by atoms with van der Waals surface area (Å²) in [6.07, 6.45) is 0. The maximum atomic E-state index is 9.40.